The first-order valence-electron chi connectivity index (χ1n) is 4.83. The summed E-state index contributed by atoms with van der Waals surface area (Å²) in [5.74, 6) is 0.818. The largest absolute Gasteiger partial charge is 0.508 e. The molecular formula is C11H16FNOS. The third kappa shape index (κ3) is 4.10. The number of aromatic hydroxyl groups is 1. The molecule has 1 atom stereocenters. The number of benzene rings is 1. The lowest BCUT2D eigenvalue weighted by atomic mass is 10.2. The Labute approximate surface area is 93.9 Å². The molecule has 0 aliphatic rings. The van der Waals surface area contributed by atoms with E-state index in [1.165, 1.54) is 18.2 Å². The Hall–Kier alpha value is -0.740. The zero-order valence-corrected chi connectivity index (χ0v) is 9.77. The number of hydrogen-bond acceptors (Lipinski definition) is 3. The second-order valence-corrected chi connectivity index (χ2v) is 4.42. The van der Waals surface area contributed by atoms with E-state index in [1.807, 2.05) is 6.26 Å². The van der Waals surface area contributed by atoms with Crippen LogP contribution in [0.15, 0.2) is 18.2 Å². The maximum atomic E-state index is 12.9. The molecule has 15 heavy (non-hydrogen) atoms. The van der Waals surface area contributed by atoms with Crippen LogP contribution < -0.4 is 5.32 Å². The van der Waals surface area contributed by atoms with Gasteiger partial charge in [-0.2, -0.15) is 11.8 Å². The molecular weight excluding hydrogens is 213 g/mol. The summed E-state index contributed by atoms with van der Waals surface area (Å²) in [6.07, 6.45) is 2.04. The average molecular weight is 229 g/mol. The van der Waals surface area contributed by atoms with Crippen molar-refractivity contribution in [3.05, 3.63) is 29.6 Å². The Bertz CT molecular complexity index is 319. The maximum absolute atomic E-state index is 12.9. The molecule has 0 heterocycles. The minimum absolute atomic E-state index is 0.139. The molecule has 0 aromatic heterocycles. The van der Waals surface area contributed by atoms with Crippen LogP contribution in [0, 0.1) is 5.82 Å². The van der Waals surface area contributed by atoms with E-state index in [0.29, 0.717) is 18.2 Å². The Morgan fingerprint density at radius 3 is 2.93 bits per heavy atom. The van der Waals surface area contributed by atoms with Gasteiger partial charge in [-0.25, -0.2) is 4.39 Å². The molecule has 84 valence electrons. The number of halogens is 1. The van der Waals surface area contributed by atoms with Gasteiger partial charge in [0.15, 0.2) is 0 Å². The van der Waals surface area contributed by atoms with E-state index >= 15 is 0 Å². The fourth-order valence-electron chi connectivity index (χ4n) is 1.29. The quantitative estimate of drug-likeness (QED) is 0.813. The molecule has 0 aliphatic carbocycles. The van der Waals surface area contributed by atoms with Crippen molar-refractivity contribution in [2.75, 3.05) is 12.0 Å². The van der Waals surface area contributed by atoms with Crippen LogP contribution in [-0.4, -0.2) is 23.2 Å². The lowest BCUT2D eigenvalue weighted by molar-refractivity contribution is 0.458. The van der Waals surface area contributed by atoms with Gasteiger partial charge in [0, 0.05) is 23.9 Å². The monoisotopic (exact) mass is 229 g/mol. The van der Waals surface area contributed by atoms with Crippen molar-refractivity contribution >= 4 is 11.8 Å². The first-order valence-corrected chi connectivity index (χ1v) is 6.22. The van der Waals surface area contributed by atoms with Crippen molar-refractivity contribution in [2.45, 2.75) is 19.5 Å². The number of hydrogen-bond donors (Lipinski definition) is 2. The normalized spacial score (nSPS) is 12.7. The van der Waals surface area contributed by atoms with E-state index < -0.39 is 0 Å². The minimum atomic E-state index is -0.317. The summed E-state index contributed by atoms with van der Waals surface area (Å²) in [7, 11) is 0. The van der Waals surface area contributed by atoms with E-state index in [-0.39, 0.29) is 11.6 Å². The third-order valence-corrected chi connectivity index (χ3v) is 2.93. The highest BCUT2D eigenvalue weighted by Gasteiger charge is 2.05. The first-order chi connectivity index (χ1) is 7.13. The molecule has 0 spiro atoms. The smallest absolute Gasteiger partial charge is 0.123 e. The Kier molecular flexibility index (Phi) is 4.91. The van der Waals surface area contributed by atoms with Gasteiger partial charge in [-0.1, -0.05) is 0 Å². The molecule has 0 saturated heterocycles. The molecule has 1 unspecified atom stereocenters. The van der Waals surface area contributed by atoms with Gasteiger partial charge in [0.1, 0.15) is 11.6 Å². The highest BCUT2D eigenvalue weighted by molar-refractivity contribution is 7.98. The molecule has 1 aromatic rings. The summed E-state index contributed by atoms with van der Waals surface area (Å²) in [4.78, 5) is 0. The minimum Gasteiger partial charge on any atom is -0.508 e. The fourth-order valence-corrected chi connectivity index (χ4v) is 1.91. The molecule has 4 heteroatoms. The second kappa shape index (κ2) is 5.98. The van der Waals surface area contributed by atoms with Gasteiger partial charge in [-0.15, -0.1) is 0 Å². The maximum Gasteiger partial charge on any atom is 0.123 e. The van der Waals surface area contributed by atoms with Gasteiger partial charge < -0.3 is 10.4 Å². The van der Waals surface area contributed by atoms with Crippen molar-refractivity contribution in [1.29, 1.82) is 0 Å². The molecule has 0 amide bonds. The van der Waals surface area contributed by atoms with Gasteiger partial charge in [-0.3, -0.25) is 0 Å². The van der Waals surface area contributed by atoms with Crippen LogP contribution in [0.25, 0.3) is 0 Å². The van der Waals surface area contributed by atoms with Gasteiger partial charge in [0.25, 0.3) is 0 Å². The average Bonchev–Trinajstić information content (AvgIpc) is 2.20. The van der Waals surface area contributed by atoms with Gasteiger partial charge in [0.2, 0.25) is 0 Å². The summed E-state index contributed by atoms with van der Waals surface area (Å²) in [6.45, 7) is 2.55. The van der Waals surface area contributed by atoms with Crippen molar-refractivity contribution in [3.8, 4) is 5.75 Å². The Morgan fingerprint density at radius 2 is 2.27 bits per heavy atom. The van der Waals surface area contributed by atoms with Gasteiger partial charge in [-0.05, 0) is 31.4 Å². The summed E-state index contributed by atoms with van der Waals surface area (Å²) in [6, 6.07) is 4.34. The first kappa shape index (κ1) is 12.3. The second-order valence-electron chi connectivity index (χ2n) is 3.51. The number of nitrogens with one attached hydrogen (secondary N) is 1. The molecule has 0 fully saturated rings. The van der Waals surface area contributed by atoms with Crippen LogP contribution >= 0.6 is 11.8 Å². The van der Waals surface area contributed by atoms with E-state index in [0.717, 1.165) is 5.75 Å². The highest BCUT2D eigenvalue weighted by Crippen LogP contribution is 2.17. The van der Waals surface area contributed by atoms with E-state index in [1.54, 1.807) is 11.8 Å². The summed E-state index contributed by atoms with van der Waals surface area (Å²) < 4.78 is 12.9. The van der Waals surface area contributed by atoms with Crippen molar-refractivity contribution in [3.63, 3.8) is 0 Å². The van der Waals surface area contributed by atoms with Crippen LogP contribution in [-0.2, 0) is 6.54 Å². The predicted octanol–water partition coefficient (Wildman–Crippen LogP) is 2.37. The molecule has 0 saturated carbocycles. The number of phenolic OH excluding ortho intramolecular Hbond substituents is 1. The van der Waals surface area contributed by atoms with Gasteiger partial charge in [0.05, 0.1) is 0 Å². The topological polar surface area (TPSA) is 32.3 Å². The third-order valence-electron chi connectivity index (χ3n) is 2.10. The van der Waals surface area contributed by atoms with Crippen LogP contribution in [0.4, 0.5) is 4.39 Å². The van der Waals surface area contributed by atoms with Crippen LogP contribution in [0.5, 0.6) is 5.75 Å². The predicted molar refractivity (Wildman–Crippen MR) is 62.7 cm³/mol. The molecule has 0 aliphatic heterocycles. The summed E-state index contributed by atoms with van der Waals surface area (Å²) >= 11 is 1.75. The fraction of sp³-hybridized carbons (Fsp3) is 0.455. The van der Waals surface area contributed by atoms with E-state index in [9.17, 15) is 9.50 Å². The molecule has 1 aromatic carbocycles. The Morgan fingerprint density at radius 1 is 1.53 bits per heavy atom. The van der Waals surface area contributed by atoms with Crippen LogP contribution in [0.3, 0.4) is 0 Å². The number of phenols is 1. The molecule has 0 bridgehead atoms. The zero-order chi connectivity index (χ0) is 11.3. The van der Waals surface area contributed by atoms with Crippen molar-refractivity contribution in [1.82, 2.24) is 5.32 Å². The molecule has 2 N–H and O–H groups in total. The number of rotatable bonds is 5. The van der Waals surface area contributed by atoms with Crippen LogP contribution in [0.1, 0.15) is 12.5 Å². The summed E-state index contributed by atoms with van der Waals surface area (Å²) in [5, 5.41) is 12.7. The molecule has 0 radical (unpaired) electrons. The number of thioether (sulfide) groups is 1. The summed E-state index contributed by atoms with van der Waals surface area (Å²) in [5.41, 5.74) is 0.600. The van der Waals surface area contributed by atoms with E-state index in [4.69, 9.17) is 0 Å². The van der Waals surface area contributed by atoms with Crippen molar-refractivity contribution < 1.29 is 9.50 Å². The lowest BCUT2D eigenvalue weighted by Gasteiger charge is -2.13. The molecule has 1 rings (SSSR count). The van der Waals surface area contributed by atoms with Crippen molar-refractivity contribution in [2.24, 2.45) is 0 Å². The van der Waals surface area contributed by atoms with E-state index in [2.05, 4.69) is 12.2 Å². The highest BCUT2D eigenvalue weighted by atomic mass is 32.2. The SMILES string of the molecule is CSCC(C)NCc1cc(F)ccc1O. The molecule has 2 nitrogen and oxygen atoms in total. The Balaban J connectivity index is 2.53. The van der Waals surface area contributed by atoms with Gasteiger partial charge >= 0.3 is 0 Å². The standard InChI is InChI=1S/C11H16FNOS/c1-8(7-15-2)13-6-9-5-10(12)3-4-11(9)14/h3-5,8,13-14H,6-7H2,1-2H3. The van der Waals surface area contributed by atoms with Crippen LogP contribution in [0.2, 0.25) is 0 Å². The zero-order valence-electron chi connectivity index (χ0n) is 8.96. The lowest BCUT2D eigenvalue weighted by Crippen LogP contribution is -2.27.